The summed E-state index contributed by atoms with van der Waals surface area (Å²) in [4.78, 5) is 17.2. The molecule has 0 bridgehead atoms. The molecule has 0 aromatic carbocycles. The van der Waals surface area contributed by atoms with Crippen LogP contribution in [0.25, 0.3) is 5.52 Å². The van der Waals surface area contributed by atoms with Crippen LogP contribution in [0.1, 0.15) is 34.0 Å². The van der Waals surface area contributed by atoms with Crippen molar-refractivity contribution in [2.45, 2.75) is 18.8 Å². The molecule has 1 aliphatic carbocycles. The molecular formula is C16H13N3O. The van der Waals surface area contributed by atoms with Crippen molar-refractivity contribution >= 4 is 11.3 Å². The van der Waals surface area contributed by atoms with Gasteiger partial charge >= 0.3 is 0 Å². The van der Waals surface area contributed by atoms with Gasteiger partial charge in [-0.2, -0.15) is 5.10 Å². The first kappa shape index (κ1) is 11.3. The Balaban J connectivity index is 1.79. The van der Waals surface area contributed by atoms with Crippen molar-refractivity contribution in [1.29, 1.82) is 0 Å². The SMILES string of the molecule is O=C(c1cnn2ccccc12)C1CCc2cccnc21. The average molecular weight is 263 g/mol. The third kappa shape index (κ3) is 1.58. The summed E-state index contributed by atoms with van der Waals surface area (Å²) in [6.07, 6.45) is 7.06. The van der Waals surface area contributed by atoms with Gasteiger partial charge in [-0.1, -0.05) is 12.1 Å². The Morgan fingerprint density at radius 1 is 1.25 bits per heavy atom. The molecule has 20 heavy (non-hydrogen) atoms. The van der Waals surface area contributed by atoms with Gasteiger partial charge in [-0.25, -0.2) is 4.52 Å². The van der Waals surface area contributed by atoms with Crippen molar-refractivity contribution in [3.05, 3.63) is 65.7 Å². The molecule has 0 saturated carbocycles. The number of hydrogen-bond acceptors (Lipinski definition) is 3. The van der Waals surface area contributed by atoms with Crippen LogP contribution < -0.4 is 0 Å². The van der Waals surface area contributed by atoms with E-state index in [0.29, 0.717) is 5.56 Å². The van der Waals surface area contributed by atoms with Crippen molar-refractivity contribution in [2.75, 3.05) is 0 Å². The molecule has 3 heterocycles. The third-order valence-corrected chi connectivity index (χ3v) is 3.97. The normalized spacial score (nSPS) is 17.3. The highest BCUT2D eigenvalue weighted by Gasteiger charge is 2.31. The van der Waals surface area contributed by atoms with E-state index in [-0.39, 0.29) is 11.7 Å². The van der Waals surface area contributed by atoms with Crippen LogP contribution in [0.2, 0.25) is 0 Å². The Morgan fingerprint density at radius 2 is 2.20 bits per heavy atom. The summed E-state index contributed by atoms with van der Waals surface area (Å²) in [5.74, 6) is 0.00283. The van der Waals surface area contributed by atoms with Gasteiger partial charge in [0.25, 0.3) is 0 Å². The van der Waals surface area contributed by atoms with E-state index in [1.54, 1.807) is 16.9 Å². The minimum Gasteiger partial charge on any atom is -0.293 e. The summed E-state index contributed by atoms with van der Waals surface area (Å²) >= 11 is 0. The van der Waals surface area contributed by atoms with E-state index < -0.39 is 0 Å². The molecule has 1 aliphatic rings. The second kappa shape index (κ2) is 4.27. The monoisotopic (exact) mass is 263 g/mol. The number of nitrogens with zero attached hydrogens (tertiary/aromatic N) is 3. The smallest absolute Gasteiger partial charge is 0.175 e. The summed E-state index contributed by atoms with van der Waals surface area (Å²) in [5, 5.41) is 4.24. The van der Waals surface area contributed by atoms with Crippen LogP contribution in [0, 0.1) is 0 Å². The Bertz CT molecular complexity index is 806. The van der Waals surface area contributed by atoms with Gasteiger partial charge in [0.2, 0.25) is 0 Å². The number of hydrogen-bond donors (Lipinski definition) is 0. The average Bonchev–Trinajstić information content (AvgIpc) is 3.11. The van der Waals surface area contributed by atoms with Gasteiger partial charge < -0.3 is 0 Å². The zero-order chi connectivity index (χ0) is 13.5. The van der Waals surface area contributed by atoms with E-state index in [0.717, 1.165) is 24.1 Å². The molecule has 3 aromatic rings. The van der Waals surface area contributed by atoms with Gasteiger partial charge in [-0.05, 0) is 36.6 Å². The molecule has 0 amide bonds. The fraction of sp³-hybridized carbons (Fsp3) is 0.188. The third-order valence-electron chi connectivity index (χ3n) is 3.97. The maximum absolute atomic E-state index is 12.8. The van der Waals surface area contributed by atoms with E-state index in [1.165, 1.54) is 5.56 Å². The number of aromatic nitrogens is 3. The molecule has 98 valence electrons. The van der Waals surface area contributed by atoms with Gasteiger partial charge in [0.05, 0.1) is 28.9 Å². The van der Waals surface area contributed by atoms with Gasteiger partial charge in [0.15, 0.2) is 5.78 Å². The molecule has 0 N–H and O–H groups in total. The summed E-state index contributed by atoms with van der Waals surface area (Å²) < 4.78 is 1.74. The first-order valence-electron chi connectivity index (χ1n) is 6.75. The quantitative estimate of drug-likeness (QED) is 0.668. The van der Waals surface area contributed by atoms with E-state index >= 15 is 0 Å². The van der Waals surface area contributed by atoms with Crippen molar-refractivity contribution < 1.29 is 4.79 Å². The lowest BCUT2D eigenvalue weighted by Gasteiger charge is -2.08. The van der Waals surface area contributed by atoms with Gasteiger partial charge in [-0.15, -0.1) is 0 Å². The molecule has 4 nitrogen and oxygen atoms in total. The van der Waals surface area contributed by atoms with E-state index in [9.17, 15) is 4.79 Å². The van der Waals surface area contributed by atoms with Gasteiger partial charge in [0.1, 0.15) is 0 Å². The molecule has 0 saturated heterocycles. The second-order valence-corrected chi connectivity index (χ2v) is 5.09. The highest BCUT2D eigenvalue weighted by atomic mass is 16.1. The minimum atomic E-state index is -0.126. The maximum Gasteiger partial charge on any atom is 0.175 e. The number of Topliss-reactive ketones (excluding diaryl/α,β-unsaturated/α-hetero) is 1. The standard InChI is InChI=1S/C16H13N3O/c20-16(12-7-6-11-4-3-8-17-15(11)12)13-10-18-19-9-2-1-5-14(13)19/h1-5,8-10,12H,6-7H2. The Kier molecular flexibility index (Phi) is 2.42. The number of carbonyl (C=O) groups is 1. The zero-order valence-electron chi connectivity index (χ0n) is 10.9. The number of ketones is 1. The Labute approximate surface area is 116 Å². The highest BCUT2D eigenvalue weighted by molar-refractivity contribution is 6.06. The van der Waals surface area contributed by atoms with Crippen LogP contribution >= 0.6 is 0 Å². The topological polar surface area (TPSA) is 47.3 Å². The summed E-state index contributed by atoms with van der Waals surface area (Å²) in [5.41, 5.74) is 3.69. The largest absolute Gasteiger partial charge is 0.293 e. The van der Waals surface area contributed by atoms with Gasteiger partial charge in [0, 0.05) is 12.4 Å². The Hall–Kier alpha value is -2.49. The first-order valence-corrected chi connectivity index (χ1v) is 6.75. The van der Waals surface area contributed by atoms with Crippen LogP contribution in [0.3, 0.4) is 0 Å². The van der Waals surface area contributed by atoms with Crippen molar-refractivity contribution in [2.24, 2.45) is 0 Å². The predicted molar refractivity (Wildman–Crippen MR) is 74.8 cm³/mol. The van der Waals surface area contributed by atoms with E-state index in [1.807, 2.05) is 30.5 Å². The molecule has 0 spiro atoms. The zero-order valence-corrected chi connectivity index (χ0v) is 10.9. The molecule has 4 heteroatoms. The predicted octanol–water partition coefficient (Wildman–Crippen LogP) is 2.64. The fourth-order valence-electron chi connectivity index (χ4n) is 2.98. The molecule has 4 rings (SSSR count). The number of carbonyl (C=O) groups excluding carboxylic acids is 1. The number of aryl methyl sites for hydroxylation is 1. The second-order valence-electron chi connectivity index (χ2n) is 5.09. The fourth-order valence-corrected chi connectivity index (χ4v) is 2.98. The molecule has 1 atom stereocenters. The molecule has 0 aliphatic heterocycles. The van der Waals surface area contributed by atoms with Crippen molar-refractivity contribution in [1.82, 2.24) is 14.6 Å². The van der Waals surface area contributed by atoms with Crippen molar-refractivity contribution in [3.8, 4) is 0 Å². The maximum atomic E-state index is 12.8. The van der Waals surface area contributed by atoms with Crippen LogP contribution in [0.5, 0.6) is 0 Å². The summed E-state index contributed by atoms with van der Waals surface area (Å²) in [6, 6.07) is 9.75. The molecule has 0 fully saturated rings. The summed E-state index contributed by atoms with van der Waals surface area (Å²) in [6.45, 7) is 0. The summed E-state index contributed by atoms with van der Waals surface area (Å²) in [7, 11) is 0. The van der Waals surface area contributed by atoms with Crippen LogP contribution in [0.15, 0.2) is 48.9 Å². The lowest BCUT2D eigenvalue weighted by Crippen LogP contribution is -2.11. The first-order chi connectivity index (χ1) is 9.84. The number of rotatable bonds is 2. The van der Waals surface area contributed by atoms with Crippen LogP contribution in [0.4, 0.5) is 0 Å². The lowest BCUT2D eigenvalue weighted by molar-refractivity contribution is 0.0959. The van der Waals surface area contributed by atoms with Crippen LogP contribution in [-0.4, -0.2) is 20.4 Å². The minimum absolute atomic E-state index is 0.126. The number of pyridine rings is 2. The Morgan fingerprint density at radius 3 is 3.15 bits per heavy atom. The molecular weight excluding hydrogens is 250 g/mol. The van der Waals surface area contributed by atoms with E-state index in [2.05, 4.69) is 16.1 Å². The van der Waals surface area contributed by atoms with Crippen molar-refractivity contribution in [3.63, 3.8) is 0 Å². The van der Waals surface area contributed by atoms with Gasteiger partial charge in [-0.3, -0.25) is 9.78 Å². The molecule has 0 radical (unpaired) electrons. The molecule has 1 unspecified atom stereocenters. The lowest BCUT2D eigenvalue weighted by atomic mass is 9.96. The number of fused-ring (bicyclic) bond motifs is 2. The highest BCUT2D eigenvalue weighted by Crippen LogP contribution is 2.34. The molecule has 3 aromatic heterocycles. The van der Waals surface area contributed by atoms with Crippen LogP contribution in [-0.2, 0) is 6.42 Å². The van der Waals surface area contributed by atoms with E-state index in [4.69, 9.17) is 0 Å².